The third-order valence-electron chi connectivity index (χ3n) is 18.5. The van der Waals surface area contributed by atoms with Gasteiger partial charge in [-0.3, -0.25) is 37.3 Å². The molecule has 0 saturated carbocycles. The van der Waals surface area contributed by atoms with E-state index in [0.29, 0.717) is 31.6 Å². The molecule has 4 unspecified atom stereocenters. The summed E-state index contributed by atoms with van der Waals surface area (Å²) in [7, 11) is -9.91. The second-order valence-electron chi connectivity index (χ2n) is 29.2. The summed E-state index contributed by atoms with van der Waals surface area (Å²) in [6.07, 6.45) is 51.5. The molecule has 0 saturated heterocycles. The molecule has 0 aliphatic carbocycles. The molecule has 0 spiro atoms. The lowest BCUT2D eigenvalue weighted by molar-refractivity contribution is -0.161. The fraction of sp³-hybridized carbons (Fsp3) is 0.948. The zero-order chi connectivity index (χ0) is 71.0. The van der Waals surface area contributed by atoms with Crippen LogP contribution in [0.15, 0.2) is 0 Å². The molecule has 0 radical (unpaired) electrons. The predicted octanol–water partition coefficient (Wildman–Crippen LogP) is 22.4. The van der Waals surface area contributed by atoms with E-state index in [2.05, 4.69) is 55.4 Å². The third kappa shape index (κ3) is 67.9. The Kier molecular flexibility index (Phi) is 65.0. The molecule has 0 fully saturated rings. The van der Waals surface area contributed by atoms with E-state index >= 15 is 0 Å². The van der Waals surface area contributed by atoms with Crippen LogP contribution in [0.25, 0.3) is 0 Å². The van der Waals surface area contributed by atoms with Crippen molar-refractivity contribution in [1.29, 1.82) is 0 Å². The van der Waals surface area contributed by atoms with E-state index in [1.807, 2.05) is 0 Å². The van der Waals surface area contributed by atoms with Gasteiger partial charge in [-0.15, -0.1) is 0 Å². The second-order valence-corrected chi connectivity index (χ2v) is 32.1. The van der Waals surface area contributed by atoms with Gasteiger partial charge in [0, 0.05) is 25.7 Å². The van der Waals surface area contributed by atoms with Gasteiger partial charge in [-0.2, -0.15) is 0 Å². The average Bonchev–Trinajstić information content (AvgIpc) is 1.16. The Balaban J connectivity index is 5.20. The molecule has 570 valence electrons. The normalized spacial score (nSPS) is 14.7. The Morgan fingerprint density at radius 2 is 0.500 bits per heavy atom. The maximum atomic E-state index is 13.1. The minimum Gasteiger partial charge on any atom is -0.462 e. The highest BCUT2D eigenvalue weighted by Gasteiger charge is 2.30. The van der Waals surface area contributed by atoms with Gasteiger partial charge in [0.05, 0.1) is 26.4 Å². The van der Waals surface area contributed by atoms with Crippen LogP contribution in [0.3, 0.4) is 0 Å². The highest BCUT2D eigenvalue weighted by Crippen LogP contribution is 2.45. The van der Waals surface area contributed by atoms with E-state index < -0.39 is 97.5 Å². The Bertz CT molecular complexity index is 1890. The number of aliphatic hydroxyl groups is 1. The summed E-state index contributed by atoms with van der Waals surface area (Å²) >= 11 is 0. The minimum absolute atomic E-state index is 0.105. The number of phosphoric acid groups is 2. The molecule has 17 nitrogen and oxygen atoms in total. The largest absolute Gasteiger partial charge is 0.472 e. The van der Waals surface area contributed by atoms with E-state index in [0.717, 1.165) is 114 Å². The number of phosphoric ester groups is 2. The maximum Gasteiger partial charge on any atom is 0.472 e. The maximum absolute atomic E-state index is 13.1. The van der Waals surface area contributed by atoms with Gasteiger partial charge < -0.3 is 33.8 Å². The molecule has 0 aliphatic rings. The second kappa shape index (κ2) is 66.3. The Morgan fingerprint density at radius 1 is 0.292 bits per heavy atom. The van der Waals surface area contributed by atoms with Crippen LogP contribution in [0.1, 0.15) is 389 Å². The zero-order valence-corrected chi connectivity index (χ0v) is 64.8. The molecule has 0 amide bonds. The number of rotatable bonds is 74. The molecular formula is C77H150O17P2. The number of ether oxygens (including phenoxy) is 4. The van der Waals surface area contributed by atoms with Crippen molar-refractivity contribution in [2.75, 3.05) is 39.6 Å². The molecular weight excluding hydrogens is 1260 g/mol. The van der Waals surface area contributed by atoms with Gasteiger partial charge in [-0.25, -0.2) is 9.13 Å². The Labute approximate surface area is 588 Å². The van der Waals surface area contributed by atoms with Crippen molar-refractivity contribution < 1.29 is 80.2 Å². The molecule has 0 aromatic carbocycles. The first-order valence-corrected chi connectivity index (χ1v) is 42.8. The van der Waals surface area contributed by atoms with Crippen molar-refractivity contribution in [2.24, 2.45) is 23.7 Å². The highest BCUT2D eigenvalue weighted by atomic mass is 31.2. The molecule has 0 bridgehead atoms. The molecule has 0 aliphatic heterocycles. The van der Waals surface area contributed by atoms with Crippen LogP contribution >= 0.6 is 15.6 Å². The van der Waals surface area contributed by atoms with Crippen LogP contribution in [0.5, 0.6) is 0 Å². The molecule has 0 aromatic rings. The van der Waals surface area contributed by atoms with Crippen molar-refractivity contribution in [2.45, 2.75) is 408 Å². The summed E-state index contributed by atoms with van der Waals surface area (Å²) < 4.78 is 68.5. The fourth-order valence-corrected chi connectivity index (χ4v) is 13.2. The van der Waals surface area contributed by atoms with Gasteiger partial charge in [-0.05, 0) is 49.4 Å². The number of esters is 4. The SMILES string of the molecule is CCC(C)CCCCCCCCCCCCC(=O)O[C@H](COC(=O)CCCCCCCCC(C)C)COP(=O)(O)OC[C@H](O)COP(=O)(O)OC[C@@H](COC(=O)CCCCCCCCCCC(C)CC)OC(=O)CCCCCCCCCCCCCCCCCCCCC(C)C. The number of hydrogen-bond acceptors (Lipinski definition) is 15. The van der Waals surface area contributed by atoms with Gasteiger partial charge >= 0.3 is 39.5 Å². The summed E-state index contributed by atoms with van der Waals surface area (Å²) in [5.74, 6) is 0.958. The summed E-state index contributed by atoms with van der Waals surface area (Å²) in [6, 6.07) is 0. The van der Waals surface area contributed by atoms with Crippen LogP contribution in [0.4, 0.5) is 0 Å². The molecule has 0 aromatic heterocycles. The molecule has 0 heterocycles. The van der Waals surface area contributed by atoms with Crippen molar-refractivity contribution in [3.05, 3.63) is 0 Å². The lowest BCUT2D eigenvalue weighted by Gasteiger charge is -2.21. The number of carbonyl (C=O) groups is 4. The van der Waals surface area contributed by atoms with Crippen LogP contribution < -0.4 is 0 Å². The predicted molar refractivity (Wildman–Crippen MR) is 391 cm³/mol. The van der Waals surface area contributed by atoms with E-state index in [9.17, 15) is 43.2 Å². The van der Waals surface area contributed by atoms with Crippen LogP contribution in [0.2, 0.25) is 0 Å². The smallest absolute Gasteiger partial charge is 0.462 e. The van der Waals surface area contributed by atoms with Crippen LogP contribution in [0, 0.1) is 23.7 Å². The van der Waals surface area contributed by atoms with Crippen molar-refractivity contribution in [3.8, 4) is 0 Å². The summed E-state index contributed by atoms with van der Waals surface area (Å²) in [4.78, 5) is 72.8. The van der Waals surface area contributed by atoms with Crippen LogP contribution in [-0.2, 0) is 65.4 Å². The van der Waals surface area contributed by atoms with Gasteiger partial charge in [0.2, 0.25) is 0 Å². The monoisotopic (exact) mass is 1410 g/mol. The van der Waals surface area contributed by atoms with E-state index in [1.165, 1.54) is 186 Å². The first-order valence-electron chi connectivity index (χ1n) is 39.8. The average molecular weight is 1410 g/mol. The highest BCUT2D eigenvalue weighted by molar-refractivity contribution is 7.47. The Hall–Kier alpha value is -1.94. The lowest BCUT2D eigenvalue weighted by atomic mass is 9.99. The van der Waals surface area contributed by atoms with E-state index in [-0.39, 0.29) is 25.7 Å². The topological polar surface area (TPSA) is 237 Å². The van der Waals surface area contributed by atoms with Crippen molar-refractivity contribution >= 4 is 39.5 Å². The number of unbranched alkanes of at least 4 members (excludes halogenated alkanes) is 38. The minimum atomic E-state index is -4.96. The number of aliphatic hydroxyl groups excluding tert-OH is 1. The van der Waals surface area contributed by atoms with Crippen LogP contribution in [-0.4, -0.2) is 96.7 Å². The number of hydrogen-bond donors (Lipinski definition) is 3. The summed E-state index contributed by atoms with van der Waals surface area (Å²) in [5, 5.41) is 10.6. The van der Waals surface area contributed by atoms with Gasteiger partial charge in [0.25, 0.3) is 0 Å². The third-order valence-corrected chi connectivity index (χ3v) is 20.4. The quantitative estimate of drug-likeness (QED) is 0.0222. The molecule has 96 heavy (non-hydrogen) atoms. The van der Waals surface area contributed by atoms with Crippen molar-refractivity contribution in [3.63, 3.8) is 0 Å². The summed E-state index contributed by atoms with van der Waals surface area (Å²) in [5.41, 5.74) is 0. The number of carbonyl (C=O) groups excluding carboxylic acids is 4. The molecule has 3 N–H and O–H groups in total. The van der Waals surface area contributed by atoms with Gasteiger partial charge in [0.1, 0.15) is 19.3 Å². The summed E-state index contributed by atoms with van der Waals surface area (Å²) in [6.45, 7) is 14.2. The fourth-order valence-electron chi connectivity index (χ4n) is 11.7. The van der Waals surface area contributed by atoms with Gasteiger partial charge in [0.15, 0.2) is 12.2 Å². The first kappa shape index (κ1) is 94.1. The Morgan fingerprint density at radius 3 is 0.740 bits per heavy atom. The molecule has 7 atom stereocenters. The standard InChI is InChI=1S/C77H150O17P2/c1-9-69(7)55-47-39-30-24-21-22-26-34-44-52-60-77(82)94-73(64-88-75(80)58-50-42-36-35-38-46-54-68(5)6)66-92-96(85,86)90-62-71(78)61-89-95(83,84)91-65-72(63-87-74(79)57-49-41-32-28-27-31-40-48-56-70(8)10-2)93-76(81)59-51-43-33-25-20-18-16-14-12-11-13-15-17-19-23-29-37-45-53-67(3)4/h67-73,78H,9-66H2,1-8H3,(H,83,84)(H,85,86)/t69?,70?,71-,72-,73-/m1/s1. The first-order chi connectivity index (χ1) is 46.2. The molecule has 0 rings (SSSR count). The van der Waals surface area contributed by atoms with E-state index in [4.69, 9.17) is 37.0 Å². The molecule has 19 heteroatoms. The van der Waals surface area contributed by atoms with Gasteiger partial charge in [-0.1, -0.05) is 338 Å². The zero-order valence-electron chi connectivity index (χ0n) is 63.0. The van der Waals surface area contributed by atoms with Crippen molar-refractivity contribution in [1.82, 2.24) is 0 Å². The lowest BCUT2D eigenvalue weighted by Crippen LogP contribution is -2.30. The van der Waals surface area contributed by atoms with E-state index in [1.54, 1.807) is 0 Å².